The molecular weight excluding hydrogens is 462 g/mol. The van der Waals surface area contributed by atoms with E-state index >= 15 is 0 Å². The third-order valence-corrected chi connectivity index (χ3v) is 7.45. The van der Waals surface area contributed by atoms with Crippen molar-refractivity contribution in [3.05, 3.63) is 52.8 Å². The van der Waals surface area contributed by atoms with E-state index < -0.39 is 22.0 Å². The molecule has 12 heteroatoms. The molecule has 5 rings (SSSR count). The first-order valence-corrected chi connectivity index (χ1v) is 12.3. The summed E-state index contributed by atoms with van der Waals surface area (Å²) >= 11 is 0. The standard InChI is InChI=1S/C22H21N5O6S/c1-2-17-16-8-14(10-23-21(16)33-26-17)34(31,32)24-9-12-3-4-13-11-27(22(30)15(13)7-12)18-5-6-19(28)25-20(18)29/h3-4,7-8,10,18,24H,2,5-6,9,11H2,1H3,(H,25,28,29). The van der Waals surface area contributed by atoms with Crippen LogP contribution in [-0.4, -0.2) is 47.2 Å². The van der Waals surface area contributed by atoms with Crippen molar-refractivity contribution in [2.24, 2.45) is 0 Å². The van der Waals surface area contributed by atoms with E-state index in [9.17, 15) is 22.8 Å². The molecule has 1 aromatic carbocycles. The molecule has 34 heavy (non-hydrogen) atoms. The fraction of sp³-hybridized carbons (Fsp3) is 0.318. The summed E-state index contributed by atoms with van der Waals surface area (Å²) < 4.78 is 33.3. The number of fused-ring (bicyclic) bond motifs is 2. The van der Waals surface area contributed by atoms with Crippen molar-refractivity contribution in [1.82, 2.24) is 25.1 Å². The molecular formula is C22H21N5O6S. The zero-order chi connectivity index (χ0) is 24.0. The summed E-state index contributed by atoms with van der Waals surface area (Å²) in [5.74, 6) is -1.14. The number of rotatable bonds is 6. The Kier molecular flexibility index (Phi) is 5.41. The van der Waals surface area contributed by atoms with Crippen LogP contribution in [-0.2, 0) is 39.1 Å². The van der Waals surface area contributed by atoms with Crippen molar-refractivity contribution in [1.29, 1.82) is 0 Å². The van der Waals surface area contributed by atoms with Crippen molar-refractivity contribution in [2.75, 3.05) is 0 Å². The maximum absolute atomic E-state index is 13.0. The minimum Gasteiger partial charge on any atom is -0.336 e. The average molecular weight is 484 g/mol. The molecule has 4 heterocycles. The smallest absolute Gasteiger partial charge is 0.258 e. The number of hydrogen-bond donors (Lipinski definition) is 2. The Hall–Kier alpha value is -3.64. The molecule has 1 unspecified atom stereocenters. The Morgan fingerprint density at radius 2 is 2.06 bits per heavy atom. The van der Waals surface area contributed by atoms with Crippen LogP contribution >= 0.6 is 0 Å². The molecule has 2 aliphatic rings. The molecule has 1 atom stereocenters. The number of amides is 3. The lowest BCUT2D eigenvalue weighted by Gasteiger charge is -2.29. The molecule has 2 N–H and O–H groups in total. The number of imide groups is 1. The Balaban J connectivity index is 1.32. The summed E-state index contributed by atoms with van der Waals surface area (Å²) in [5.41, 5.74) is 2.65. The lowest BCUT2D eigenvalue weighted by molar-refractivity contribution is -0.136. The lowest BCUT2D eigenvalue weighted by Crippen LogP contribution is -2.52. The van der Waals surface area contributed by atoms with Gasteiger partial charge in [0.25, 0.3) is 11.6 Å². The van der Waals surface area contributed by atoms with Gasteiger partial charge in [0.15, 0.2) is 0 Å². The van der Waals surface area contributed by atoms with Gasteiger partial charge in [-0.25, -0.2) is 18.1 Å². The van der Waals surface area contributed by atoms with Gasteiger partial charge in [-0.05, 0) is 36.1 Å². The number of aryl methyl sites for hydroxylation is 1. The maximum Gasteiger partial charge on any atom is 0.258 e. The summed E-state index contributed by atoms with van der Waals surface area (Å²) in [6.07, 6.45) is 2.24. The number of benzene rings is 1. The van der Waals surface area contributed by atoms with Gasteiger partial charge in [0.2, 0.25) is 21.8 Å². The summed E-state index contributed by atoms with van der Waals surface area (Å²) in [7, 11) is -3.88. The van der Waals surface area contributed by atoms with Gasteiger partial charge in [-0.3, -0.25) is 19.7 Å². The van der Waals surface area contributed by atoms with E-state index in [1.54, 1.807) is 18.2 Å². The maximum atomic E-state index is 13.0. The number of nitrogens with one attached hydrogen (secondary N) is 2. The van der Waals surface area contributed by atoms with Crippen LogP contribution in [0.2, 0.25) is 0 Å². The fourth-order valence-corrected chi connectivity index (χ4v) is 5.22. The third kappa shape index (κ3) is 3.84. The Morgan fingerprint density at radius 3 is 2.82 bits per heavy atom. The largest absolute Gasteiger partial charge is 0.336 e. The molecule has 11 nitrogen and oxygen atoms in total. The summed E-state index contributed by atoms with van der Waals surface area (Å²) in [6.45, 7) is 2.10. The first-order valence-electron chi connectivity index (χ1n) is 10.8. The van der Waals surface area contributed by atoms with Crippen LogP contribution in [0.5, 0.6) is 0 Å². The highest BCUT2D eigenvalue weighted by Crippen LogP contribution is 2.28. The number of nitrogens with zero attached hydrogens (tertiary/aromatic N) is 3. The molecule has 1 saturated heterocycles. The average Bonchev–Trinajstić information content (AvgIpc) is 3.38. The summed E-state index contributed by atoms with van der Waals surface area (Å²) in [5, 5.41) is 6.70. The van der Waals surface area contributed by atoms with E-state index in [2.05, 4.69) is 20.2 Å². The van der Waals surface area contributed by atoms with Crippen LogP contribution < -0.4 is 10.0 Å². The second-order valence-corrected chi connectivity index (χ2v) is 9.99. The van der Waals surface area contributed by atoms with Gasteiger partial charge < -0.3 is 9.42 Å². The normalized spacial score (nSPS) is 18.4. The van der Waals surface area contributed by atoms with Crippen LogP contribution in [0, 0.1) is 0 Å². The van der Waals surface area contributed by atoms with E-state index in [1.807, 2.05) is 6.92 Å². The lowest BCUT2D eigenvalue weighted by atomic mass is 10.0. The Bertz CT molecular complexity index is 1450. The number of carbonyl (C=O) groups is 3. The van der Waals surface area contributed by atoms with Gasteiger partial charge in [0.1, 0.15) is 10.9 Å². The molecule has 3 amide bonds. The molecule has 0 radical (unpaired) electrons. The second kappa shape index (κ2) is 8.29. The first-order chi connectivity index (χ1) is 16.3. The minimum atomic E-state index is -3.88. The predicted octanol–water partition coefficient (Wildman–Crippen LogP) is 1.02. The molecule has 176 valence electrons. The molecule has 0 spiro atoms. The predicted molar refractivity (Wildman–Crippen MR) is 118 cm³/mol. The topological polar surface area (TPSA) is 152 Å². The van der Waals surface area contributed by atoms with Gasteiger partial charge in [-0.1, -0.05) is 24.2 Å². The Labute approximate surface area is 194 Å². The molecule has 0 saturated carbocycles. The SMILES string of the molecule is CCc1noc2ncc(S(=O)(=O)NCc3ccc4c(c3)C(=O)N(C3CCC(=O)NC3=O)C4)cc12. The van der Waals surface area contributed by atoms with Crippen molar-refractivity contribution in [2.45, 2.75) is 50.2 Å². The van der Waals surface area contributed by atoms with Gasteiger partial charge >= 0.3 is 0 Å². The highest BCUT2D eigenvalue weighted by atomic mass is 32.2. The number of carbonyl (C=O) groups excluding carboxylic acids is 3. The van der Waals surface area contributed by atoms with Gasteiger partial charge in [-0.15, -0.1) is 0 Å². The van der Waals surface area contributed by atoms with Gasteiger partial charge in [-0.2, -0.15) is 0 Å². The van der Waals surface area contributed by atoms with Crippen molar-refractivity contribution >= 4 is 38.8 Å². The van der Waals surface area contributed by atoms with Crippen LogP contribution in [0.3, 0.4) is 0 Å². The molecule has 2 aliphatic heterocycles. The van der Waals surface area contributed by atoms with E-state index in [4.69, 9.17) is 4.52 Å². The second-order valence-electron chi connectivity index (χ2n) is 8.22. The van der Waals surface area contributed by atoms with Gasteiger partial charge in [0, 0.05) is 25.1 Å². The molecule has 0 bridgehead atoms. The van der Waals surface area contributed by atoms with E-state index in [0.29, 0.717) is 28.6 Å². The third-order valence-electron chi connectivity index (χ3n) is 6.08. The van der Waals surface area contributed by atoms with Crippen LogP contribution in [0.15, 0.2) is 39.9 Å². The number of hydrogen-bond acceptors (Lipinski definition) is 8. The molecule has 0 aliphatic carbocycles. The monoisotopic (exact) mass is 483 g/mol. The van der Waals surface area contributed by atoms with Gasteiger partial charge in [0.05, 0.1) is 17.3 Å². The number of aromatic nitrogens is 2. The number of pyridine rings is 1. The van der Waals surface area contributed by atoms with E-state index in [0.717, 1.165) is 5.56 Å². The number of piperidine rings is 1. The molecule has 2 aromatic heterocycles. The first kappa shape index (κ1) is 22.2. The van der Waals surface area contributed by atoms with Crippen LogP contribution in [0.25, 0.3) is 11.1 Å². The summed E-state index contributed by atoms with van der Waals surface area (Å²) in [4.78, 5) is 42.0. The van der Waals surface area contributed by atoms with Crippen molar-refractivity contribution in [3.8, 4) is 0 Å². The fourth-order valence-electron chi connectivity index (χ4n) is 4.24. The van der Waals surface area contributed by atoms with E-state index in [1.165, 1.54) is 17.2 Å². The Morgan fingerprint density at radius 1 is 1.24 bits per heavy atom. The quantitative estimate of drug-likeness (QED) is 0.493. The minimum absolute atomic E-state index is 0.0147. The zero-order valence-corrected chi connectivity index (χ0v) is 19.0. The molecule has 3 aromatic rings. The summed E-state index contributed by atoms with van der Waals surface area (Å²) in [6, 6.07) is 5.89. The zero-order valence-electron chi connectivity index (χ0n) is 18.2. The van der Waals surface area contributed by atoms with Crippen molar-refractivity contribution < 1.29 is 27.3 Å². The number of sulfonamides is 1. The highest BCUT2D eigenvalue weighted by Gasteiger charge is 2.39. The highest BCUT2D eigenvalue weighted by molar-refractivity contribution is 7.89. The van der Waals surface area contributed by atoms with Crippen molar-refractivity contribution in [3.63, 3.8) is 0 Å². The van der Waals surface area contributed by atoms with Crippen LogP contribution in [0.1, 0.15) is 46.9 Å². The van der Waals surface area contributed by atoms with Crippen LogP contribution in [0.4, 0.5) is 0 Å². The van der Waals surface area contributed by atoms with E-state index in [-0.39, 0.29) is 48.4 Å². The molecule has 1 fully saturated rings.